The number of hydrogen-bond donors (Lipinski definition) is 1. The summed E-state index contributed by atoms with van der Waals surface area (Å²) < 4.78 is 5.07. The predicted molar refractivity (Wildman–Crippen MR) is 72.1 cm³/mol. The Morgan fingerprint density at radius 3 is 2.67 bits per heavy atom. The van der Waals surface area contributed by atoms with E-state index in [0.717, 1.165) is 11.3 Å². The molecule has 0 spiro atoms. The lowest BCUT2D eigenvalue weighted by Crippen LogP contribution is -2.31. The van der Waals surface area contributed by atoms with Gasteiger partial charge in [0.25, 0.3) is 0 Å². The Labute approximate surface area is 112 Å². The van der Waals surface area contributed by atoms with E-state index in [1.54, 1.807) is 7.11 Å². The molecule has 0 heterocycles. The van der Waals surface area contributed by atoms with Crippen LogP contribution in [0, 0.1) is 5.92 Å². The summed E-state index contributed by atoms with van der Waals surface area (Å²) in [6.45, 7) is 0.571. The third-order valence-electron chi connectivity index (χ3n) is 3.15. The highest BCUT2D eigenvalue weighted by Crippen LogP contribution is 2.35. The molecule has 1 atom stereocenters. The number of rotatable bonds is 6. The van der Waals surface area contributed by atoms with Crippen LogP contribution in [0.1, 0.15) is 18.4 Å². The number of amides is 1. The first-order chi connectivity index (χ1) is 8.69. The number of nitrogens with one attached hydrogen (secondary N) is 1. The van der Waals surface area contributed by atoms with Crippen molar-refractivity contribution in [1.29, 1.82) is 0 Å². The zero-order chi connectivity index (χ0) is 13.0. The third-order valence-corrected chi connectivity index (χ3v) is 3.66. The number of hydrogen-bond acceptors (Lipinski definition) is 2. The molecule has 4 heteroatoms. The highest BCUT2D eigenvalue weighted by Gasteiger charge is 2.29. The molecule has 0 aliphatic heterocycles. The van der Waals surface area contributed by atoms with Gasteiger partial charge in [0.2, 0.25) is 5.91 Å². The number of methoxy groups -OCH3 is 1. The monoisotopic (exact) mass is 267 g/mol. The van der Waals surface area contributed by atoms with Crippen LogP contribution in [0.2, 0.25) is 0 Å². The summed E-state index contributed by atoms with van der Waals surface area (Å²) in [6.07, 6.45) is 2.78. The maximum Gasteiger partial charge on any atom is 0.224 e. The normalized spacial score (nSPS) is 16.1. The van der Waals surface area contributed by atoms with Crippen LogP contribution in [0.15, 0.2) is 24.3 Å². The molecule has 0 radical (unpaired) electrons. The predicted octanol–water partition coefficient (Wildman–Crippen LogP) is 2.37. The molecule has 1 aromatic rings. The van der Waals surface area contributed by atoms with Crippen molar-refractivity contribution in [3.63, 3.8) is 0 Å². The van der Waals surface area contributed by atoms with E-state index in [-0.39, 0.29) is 11.3 Å². The van der Waals surface area contributed by atoms with Gasteiger partial charge in [0.05, 0.1) is 18.9 Å². The number of carbonyl (C=O) groups is 1. The van der Waals surface area contributed by atoms with Gasteiger partial charge in [-0.15, -0.1) is 11.6 Å². The Bertz CT molecular complexity index is 401. The van der Waals surface area contributed by atoms with Gasteiger partial charge in [-0.3, -0.25) is 4.79 Å². The van der Waals surface area contributed by atoms with E-state index in [1.807, 2.05) is 24.3 Å². The second-order valence-corrected chi connectivity index (χ2v) is 5.24. The summed E-state index contributed by atoms with van der Waals surface area (Å²) in [5.41, 5.74) is 0.978. The van der Waals surface area contributed by atoms with E-state index in [4.69, 9.17) is 16.3 Å². The first-order valence-corrected chi connectivity index (χ1v) is 6.66. The Balaban J connectivity index is 1.75. The average molecular weight is 268 g/mol. The van der Waals surface area contributed by atoms with Crippen LogP contribution in [-0.4, -0.2) is 24.9 Å². The molecule has 1 N–H and O–H groups in total. The van der Waals surface area contributed by atoms with Crippen LogP contribution >= 0.6 is 11.6 Å². The zero-order valence-corrected chi connectivity index (χ0v) is 11.2. The van der Waals surface area contributed by atoms with Crippen molar-refractivity contribution in [3.05, 3.63) is 29.8 Å². The first-order valence-electron chi connectivity index (χ1n) is 6.22. The molecule has 1 aliphatic carbocycles. The van der Waals surface area contributed by atoms with E-state index < -0.39 is 0 Å². The highest BCUT2D eigenvalue weighted by atomic mass is 35.5. The molecule has 0 bridgehead atoms. The maximum absolute atomic E-state index is 11.7. The fourth-order valence-electron chi connectivity index (χ4n) is 1.83. The highest BCUT2D eigenvalue weighted by molar-refractivity contribution is 6.21. The van der Waals surface area contributed by atoms with Crippen molar-refractivity contribution >= 4 is 17.5 Å². The third kappa shape index (κ3) is 3.91. The molecular formula is C14H18ClNO2. The molecule has 18 heavy (non-hydrogen) atoms. The quantitative estimate of drug-likeness (QED) is 0.804. The SMILES string of the molecule is COc1ccc(CC(=O)NCC(Cl)C2CC2)cc1. The Kier molecular flexibility index (Phi) is 4.48. The average Bonchev–Trinajstić information content (AvgIpc) is 3.21. The number of ether oxygens (including phenoxy) is 1. The van der Waals surface area contributed by atoms with Crippen molar-refractivity contribution < 1.29 is 9.53 Å². The molecule has 1 amide bonds. The van der Waals surface area contributed by atoms with Crippen molar-refractivity contribution in [2.45, 2.75) is 24.6 Å². The summed E-state index contributed by atoms with van der Waals surface area (Å²) in [5, 5.41) is 2.97. The van der Waals surface area contributed by atoms with Crippen LogP contribution in [-0.2, 0) is 11.2 Å². The van der Waals surface area contributed by atoms with Gasteiger partial charge in [-0.05, 0) is 36.5 Å². The van der Waals surface area contributed by atoms with E-state index in [0.29, 0.717) is 18.9 Å². The number of carbonyl (C=O) groups excluding carboxylic acids is 1. The topological polar surface area (TPSA) is 38.3 Å². The summed E-state index contributed by atoms with van der Waals surface area (Å²) >= 11 is 6.13. The van der Waals surface area contributed by atoms with Gasteiger partial charge < -0.3 is 10.1 Å². The van der Waals surface area contributed by atoms with E-state index in [9.17, 15) is 4.79 Å². The molecule has 0 saturated heterocycles. The number of halogens is 1. The molecule has 3 nitrogen and oxygen atoms in total. The van der Waals surface area contributed by atoms with E-state index in [2.05, 4.69) is 5.32 Å². The Morgan fingerprint density at radius 1 is 1.44 bits per heavy atom. The fraction of sp³-hybridized carbons (Fsp3) is 0.500. The molecule has 2 rings (SSSR count). The molecule has 1 unspecified atom stereocenters. The van der Waals surface area contributed by atoms with E-state index in [1.165, 1.54) is 12.8 Å². The smallest absolute Gasteiger partial charge is 0.224 e. The van der Waals surface area contributed by atoms with Crippen LogP contribution in [0.25, 0.3) is 0 Å². The van der Waals surface area contributed by atoms with E-state index >= 15 is 0 Å². The molecule has 1 aliphatic rings. The summed E-state index contributed by atoms with van der Waals surface area (Å²) in [6, 6.07) is 7.52. The Morgan fingerprint density at radius 2 is 2.11 bits per heavy atom. The molecular weight excluding hydrogens is 250 g/mol. The van der Waals surface area contributed by atoms with Gasteiger partial charge in [-0.25, -0.2) is 0 Å². The maximum atomic E-state index is 11.7. The molecule has 0 aromatic heterocycles. The molecule has 1 saturated carbocycles. The largest absolute Gasteiger partial charge is 0.497 e. The van der Waals surface area contributed by atoms with Crippen molar-refractivity contribution in [2.24, 2.45) is 5.92 Å². The fourth-order valence-corrected chi connectivity index (χ4v) is 2.16. The summed E-state index contributed by atoms with van der Waals surface area (Å²) in [7, 11) is 1.63. The zero-order valence-electron chi connectivity index (χ0n) is 10.5. The minimum Gasteiger partial charge on any atom is -0.497 e. The standard InChI is InChI=1S/C14H18ClNO2/c1-18-12-6-2-10(3-7-12)8-14(17)16-9-13(15)11-4-5-11/h2-3,6-7,11,13H,4-5,8-9H2,1H3,(H,16,17). The minimum atomic E-state index is 0.0199. The second kappa shape index (κ2) is 6.10. The molecule has 98 valence electrons. The minimum absolute atomic E-state index is 0.0199. The van der Waals surface area contributed by atoms with Gasteiger partial charge in [0.15, 0.2) is 0 Å². The van der Waals surface area contributed by atoms with Crippen molar-refractivity contribution in [2.75, 3.05) is 13.7 Å². The van der Waals surface area contributed by atoms with Gasteiger partial charge in [0, 0.05) is 6.54 Å². The second-order valence-electron chi connectivity index (χ2n) is 4.68. The molecule has 1 fully saturated rings. The van der Waals surface area contributed by atoms with Crippen molar-refractivity contribution in [3.8, 4) is 5.75 Å². The lowest BCUT2D eigenvalue weighted by atomic mass is 10.1. The lowest BCUT2D eigenvalue weighted by molar-refractivity contribution is -0.120. The van der Waals surface area contributed by atoms with Crippen LogP contribution < -0.4 is 10.1 Å². The van der Waals surface area contributed by atoms with Crippen LogP contribution in [0.5, 0.6) is 5.75 Å². The Hall–Kier alpha value is -1.22. The summed E-state index contributed by atoms with van der Waals surface area (Å²) in [4.78, 5) is 11.7. The van der Waals surface area contributed by atoms with Crippen molar-refractivity contribution in [1.82, 2.24) is 5.32 Å². The van der Waals surface area contributed by atoms with Crippen LogP contribution in [0.3, 0.4) is 0 Å². The van der Waals surface area contributed by atoms with Crippen LogP contribution in [0.4, 0.5) is 0 Å². The lowest BCUT2D eigenvalue weighted by Gasteiger charge is -2.09. The van der Waals surface area contributed by atoms with Gasteiger partial charge in [-0.2, -0.15) is 0 Å². The van der Waals surface area contributed by atoms with Gasteiger partial charge >= 0.3 is 0 Å². The first kappa shape index (κ1) is 13.2. The number of benzene rings is 1. The molecule has 1 aromatic carbocycles. The van der Waals surface area contributed by atoms with Gasteiger partial charge in [0.1, 0.15) is 5.75 Å². The van der Waals surface area contributed by atoms with Gasteiger partial charge in [-0.1, -0.05) is 12.1 Å². The number of alkyl halides is 1. The summed E-state index contributed by atoms with van der Waals surface area (Å²) in [5.74, 6) is 1.42.